The van der Waals surface area contributed by atoms with Crippen LogP contribution in [0.2, 0.25) is 0 Å². The summed E-state index contributed by atoms with van der Waals surface area (Å²) in [5.41, 5.74) is 1.78. The van der Waals surface area contributed by atoms with Crippen LogP contribution >= 0.6 is 0 Å². The summed E-state index contributed by atoms with van der Waals surface area (Å²) < 4.78 is 0. The van der Waals surface area contributed by atoms with Crippen LogP contribution in [-0.2, 0) is 9.59 Å². The molecule has 3 N–H and O–H groups in total. The molecule has 2 amide bonds. The number of nitrogens with one attached hydrogen (secondary N) is 3. The fourth-order valence-corrected chi connectivity index (χ4v) is 2.48. The number of aromatic nitrogens is 1. The summed E-state index contributed by atoms with van der Waals surface area (Å²) in [4.78, 5) is 39.9. The minimum Gasteiger partial charge on any atom is -0.358 e. The molecular formula is C18H23N3O3. The van der Waals surface area contributed by atoms with Gasteiger partial charge < -0.3 is 15.6 Å². The third-order valence-electron chi connectivity index (χ3n) is 4.07. The maximum absolute atomic E-state index is 12.5. The lowest BCUT2D eigenvalue weighted by atomic mass is 10.1. The van der Waals surface area contributed by atoms with Crippen LogP contribution in [0.1, 0.15) is 43.2 Å². The fourth-order valence-electron chi connectivity index (χ4n) is 2.48. The third kappa shape index (κ3) is 3.64. The maximum atomic E-state index is 12.5. The van der Waals surface area contributed by atoms with Crippen molar-refractivity contribution in [2.45, 2.75) is 46.2 Å². The van der Waals surface area contributed by atoms with Gasteiger partial charge in [-0.25, -0.2) is 0 Å². The smallest absolute Gasteiger partial charge is 0.293 e. The van der Waals surface area contributed by atoms with Crippen molar-refractivity contribution in [3.63, 3.8) is 0 Å². The number of hydrogen-bond donors (Lipinski definition) is 3. The van der Waals surface area contributed by atoms with Gasteiger partial charge in [0.05, 0.1) is 5.56 Å². The lowest BCUT2D eigenvalue weighted by molar-refractivity contribution is -0.127. The molecule has 0 saturated carbocycles. The molecule has 2 aromatic rings. The Bertz CT molecular complexity index is 779. The first kappa shape index (κ1) is 17.7. The average molecular weight is 329 g/mol. The van der Waals surface area contributed by atoms with Gasteiger partial charge in [0.2, 0.25) is 5.91 Å². The summed E-state index contributed by atoms with van der Waals surface area (Å²) in [6.07, 6.45) is 0.792. The van der Waals surface area contributed by atoms with Crippen LogP contribution in [-0.4, -0.2) is 34.7 Å². The van der Waals surface area contributed by atoms with Gasteiger partial charge in [0.1, 0.15) is 6.04 Å². The van der Waals surface area contributed by atoms with Crippen molar-refractivity contribution in [2.75, 3.05) is 0 Å². The van der Waals surface area contributed by atoms with E-state index >= 15 is 0 Å². The summed E-state index contributed by atoms with van der Waals surface area (Å²) in [6, 6.07) is 6.54. The van der Waals surface area contributed by atoms with Crippen LogP contribution in [0.4, 0.5) is 0 Å². The molecular weight excluding hydrogens is 306 g/mol. The van der Waals surface area contributed by atoms with E-state index < -0.39 is 17.7 Å². The largest absolute Gasteiger partial charge is 0.358 e. The van der Waals surface area contributed by atoms with Gasteiger partial charge in [-0.2, -0.15) is 0 Å². The first-order valence-corrected chi connectivity index (χ1v) is 8.08. The Morgan fingerprint density at radius 2 is 1.79 bits per heavy atom. The van der Waals surface area contributed by atoms with Crippen LogP contribution in [0.25, 0.3) is 10.9 Å². The summed E-state index contributed by atoms with van der Waals surface area (Å²) in [6.45, 7) is 7.15. The number of ketones is 1. The van der Waals surface area contributed by atoms with Crippen LogP contribution in [0.15, 0.2) is 24.3 Å². The van der Waals surface area contributed by atoms with Crippen molar-refractivity contribution in [3.8, 4) is 0 Å². The predicted octanol–water partition coefficient (Wildman–Crippen LogP) is 2.08. The van der Waals surface area contributed by atoms with Gasteiger partial charge in [-0.3, -0.25) is 14.4 Å². The second-order valence-electron chi connectivity index (χ2n) is 6.01. The van der Waals surface area contributed by atoms with Crippen molar-refractivity contribution in [2.24, 2.45) is 0 Å². The highest BCUT2D eigenvalue weighted by atomic mass is 16.2. The lowest BCUT2D eigenvalue weighted by Crippen LogP contribution is -2.49. The molecule has 0 aliphatic carbocycles. The van der Waals surface area contributed by atoms with Gasteiger partial charge in [-0.05, 0) is 33.3 Å². The monoisotopic (exact) mass is 329 g/mol. The molecule has 6 heteroatoms. The number of hydrogen-bond acceptors (Lipinski definition) is 3. The summed E-state index contributed by atoms with van der Waals surface area (Å²) in [5, 5.41) is 5.95. The van der Waals surface area contributed by atoms with E-state index in [0.717, 1.165) is 11.9 Å². The topological polar surface area (TPSA) is 91.1 Å². The molecule has 0 saturated heterocycles. The van der Waals surface area contributed by atoms with E-state index in [2.05, 4.69) is 15.6 Å². The highest BCUT2D eigenvalue weighted by Gasteiger charge is 2.25. The summed E-state index contributed by atoms with van der Waals surface area (Å²) in [5.74, 6) is -1.73. The highest BCUT2D eigenvalue weighted by Crippen LogP contribution is 2.22. The molecule has 1 aromatic heterocycles. The summed E-state index contributed by atoms with van der Waals surface area (Å²) in [7, 11) is 0. The minimum absolute atomic E-state index is 0.0171. The van der Waals surface area contributed by atoms with Crippen LogP contribution in [0.5, 0.6) is 0 Å². The van der Waals surface area contributed by atoms with Gasteiger partial charge >= 0.3 is 0 Å². The standard InChI is InChI=1S/C18H23N3O3/c1-5-10(2)19-17(23)12(4)21-18(24)16(22)15-11(3)20-14-9-7-6-8-13(14)15/h6-10,12,20H,5H2,1-4H3,(H,19,23)(H,21,24)/t10-,12-/m0/s1. The van der Waals surface area contributed by atoms with Crippen LogP contribution in [0.3, 0.4) is 0 Å². The van der Waals surface area contributed by atoms with Gasteiger partial charge in [0.25, 0.3) is 11.7 Å². The van der Waals surface area contributed by atoms with E-state index in [1.165, 1.54) is 0 Å². The number of carbonyl (C=O) groups is 3. The molecule has 24 heavy (non-hydrogen) atoms. The van der Waals surface area contributed by atoms with Gasteiger partial charge in [-0.1, -0.05) is 25.1 Å². The molecule has 0 radical (unpaired) electrons. The van der Waals surface area contributed by atoms with Crippen molar-refractivity contribution in [1.29, 1.82) is 0 Å². The second-order valence-corrected chi connectivity index (χ2v) is 6.01. The Morgan fingerprint density at radius 3 is 2.46 bits per heavy atom. The van der Waals surface area contributed by atoms with Crippen LogP contribution < -0.4 is 10.6 Å². The third-order valence-corrected chi connectivity index (χ3v) is 4.07. The number of rotatable bonds is 6. The normalized spacial score (nSPS) is 13.3. The van der Waals surface area contributed by atoms with Crippen molar-refractivity contribution >= 4 is 28.5 Å². The number of aryl methyl sites for hydroxylation is 1. The highest BCUT2D eigenvalue weighted by molar-refractivity contribution is 6.45. The number of carbonyl (C=O) groups excluding carboxylic acids is 3. The number of amides is 2. The molecule has 0 bridgehead atoms. The van der Waals surface area contributed by atoms with Crippen LogP contribution in [0, 0.1) is 6.92 Å². The molecule has 2 atom stereocenters. The fraction of sp³-hybridized carbons (Fsp3) is 0.389. The zero-order chi connectivity index (χ0) is 17.9. The molecule has 0 aliphatic rings. The average Bonchev–Trinajstić information content (AvgIpc) is 2.89. The number of Topliss-reactive ketones (excluding diaryl/α,β-unsaturated/α-hetero) is 1. The quantitative estimate of drug-likeness (QED) is 0.560. The number of benzene rings is 1. The van der Waals surface area contributed by atoms with Crippen molar-refractivity contribution in [1.82, 2.24) is 15.6 Å². The second kappa shape index (κ2) is 7.29. The number of H-pyrrole nitrogens is 1. The molecule has 128 valence electrons. The van der Waals surface area contributed by atoms with E-state index in [-0.39, 0.29) is 11.9 Å². The molecule has 1 aromatic carbocycles. The maximum Gasteiger partial charge on any atom is 0.293 e. The Kier molecular flexibility index (Phi) is 5.39. The Morgan fingerprint density at radius 1 is 1.12 bits per heavy atom. The van der Waals surface area contributed by atoms with Gasteiger partial charge in [-0.15, -0.1) is 0 Å². The van der Waals surface area contributed by atoms with E-state index in [1.807, 2.05) is 32.0 Å². The molecule has 6 nitrogen and oxygen atoms in total. The zero-order valence-electron chi connectivity index (χ0n) is 14.4. The first-order chi connectivity index (χ1) is 11.3. The predicted molar refractivity (Wildman–Crippen MR) is 92.9 cm³/mol. The van der Waals surface area contributed by atoms with E-state index in [4.69, 9.17) is 0 Å². The van der Waals surface area contributed by atoms with Crippen molar-refractivity contribution < 1.29 is 14.4 Å². The van der Waals surface area contributed by atoms with E-state index in [9.17, 15) is 14.4 Å². The molecule has 0 aliphatic heterocycles. The Labute approximate surface area is 141 Å². The zero-order valence-corrected chi connectivity index (χ0v) is 14.4. The summed E-state index contributed by atoms with van der Waals surface area (Å²) >= 11 is 0. The molecule has 0 spiro atoms. The van der Waals surface area contributed by atoms with Crippen molar-refractivity contribution in [3.05, 3.63) is 35.5 Å². The molecule has 0 fully saturated rings. The van der Waals surface area contributed by atoms with Gasteiger partial charge in [0, 0.05) is 22.6 Å². The number of fused-ring (bicyclic) bond motifs is 1. The van der Waals surface area contributed by atoms with E-state index in [1.54, 1.807) is 19.9 Å². The molecule has 1 heterocycles. The first-order valence-electron chi connectivity index (χ1n) is 8.08. The molecule has 2 rings (SSSR count). The van der Waals surface area contributed by atoms with E-state index in [0.29, 0.717) is 16.6 Å². The minimum atomic E-state index is -0.783. The SMILES string of the molecule is CC[C@H](C)NC(=O)[C@H](C)NC(=O)C(=O)c1c(C)[nH]c2ccccc12. The number of aromatic amines is 1. The Balaban J connectivity index is 2.13. The number of para-hydroxylation sites is 1. The molecule has 0 unspecified atom stereocenters. The van der Waals surface area contributed by atoms with Gasteiger partial charge in [0.15, 0.2) is 0 Å². The lowest BCUT2D eigenvalue weighted by Gasteiger charge is -2.17. The Hall–Kier alpha value is -2.63.